The van der Waals surface area contributed by atoms with Crippen LogP contribution >= 0.6 is 27.5 Å². The molecule has 0 heterocycles. The van der Waals surface area contributed by atoms with Gasteiger partial charge < -0.3 is 5.32 Å². The van der Waals surface area contributed by atoms with Gasteiger partial charge in [0.15, 0.2) is 0 Å². The predicted octanol–water partition coefficient (Wildman–Crippen LogP) is 6.01. The van der Waals surface area contributed by atoms with Crippen LogP contribution in [0.25, 0.3) is 10.8 Å². The van der Waals surface area contributed by atoms with E-state index in [1.54, 1.807) is 6.07 Å². The highest BCUT2D eigenvalue weighted by Gasteiger charge is 2.05. The van der Waals surface area contributed by atoms with Gasteiger partial charge in [0.2, 0.25) is 0 Å². The number of fused-ring (bicyclic) bond motifs is 1. The lowest BCUT2D eigenvalue weighted by Gasteiger charge is -2.09. The fraction of sp³-hybridized carbons (Fsp3) is 0.0588. The van der Waals surface area contributed by atoms with Crippen LogP contribution in [0.2, 0.25) is 5.02 Å². The molecule has 0 aliphatic rings. The summed E-state index contributed by atoms with van der Waals surface area (Å²) < 4.78 is 14.4. The SMILES string of the molecule is Fc1cccc(CNc2ccc3cc(Br)ccc3c2)c1Cl. The van der Waals surface area contributed by atoms with Crippen LogP contribution in [-0.2, 0) is 6.54 Å². The van der Waals surface area contributed by atoms with Crippen LogP contribution in [0.5, 0.6) is 0 Å². The average Bonchev–Trinajstić information content (AvgIpc) is 2.49. The lowest BCUT2D eigenvalue weighted by molar-refractivity contribution is 0.626. The van der Waals surface area contributed by atoms with Crippen molar-refractivity contribution in [1.29, 1.82) is 0 Å². The van der Waals surface area contributed by atoms with E-state index < -0.39 is 0 Å². The molecule has 0 saturated carbocycles. The van der Waals surface area contributed by atoms with E-state index in [1.807, 2.05) is 18.2 Å². The summed E-state index contributed by atoms with van der Waals surface area (Å²) in [5.74, 6) is -0.390. The Labute approximate surface area is 135 Å². The first kappa shape index (κ1) is 14.4. The molecule has 1 N–H and O–H groups in total. The molecular formula is C17H12BrClFN. The minimum absolute atomic E-state index is 0.176. The summed E-state index contributed by atoms with van der Waals surface area (Å²) in [5, 5.41) is 5.76. The summed E-state index contributed by atoms with van der Waals surface area (Å²) in [6, 6.07) is 17.1. The van der Waals surface area contributed by atoms with Gasteiger partial charge in [-0.2, -0.15) is 0 Å². The summed E-state index contributed by atoms with van der Waals surface area (Å²) in [5.41, 5.74) is 1.72. The maximum Gasteiger partial charge on any atom is 0.142 e. The molecule has 0 bridgehead atoms. The third-order valence-corrected chi connectivity index (χ3v) is 4.23. The van der Waals surface area contributed by atoms with Crippen molar-refractivity contribution in [1.82, 2.24) is 0 Å². The molecule has 0 amide bonds. The molecule has 106 valence electrons. The van der Waals surface area contributed by atoms with Gasteiger partial charge in [0.05, 0.1) is 5.02 Å². The van der Waals surface area contributed by atoms with Crippen molar-refractivity contribution in [3.63, 3.8) is 0 Å². The summed E-state index contributed by atoms with van der Waals surface area (Å²) in [6.45, 7) is 0.485. The van der Waals surface area contributed by atoms with Crippen LogP contribution < -0.4 is 5.32 Å². The van der Waals surface area contributed by atoms with Crippen molar-refractivity contribution < 1.29 is 4.39 Å². The Hall–Kier alpha value is -1.58. The smallest absolute Gasteiger partial charge is 0.142 e. The molecule has 0 fully saturated rings. The van der Waals surface area contributed by atoms with Crippen LogP contribution in [0, 0.1) is 5.82 Å². The van der Waals surface area contributed by atoms with Crippen LogP contribution in [-0.4, -0.2) is 0 Å². The second-order valence-corrected chi connectivity index (χ2v) is 6.07. The summed E-state index contributed by atoms with van der Waals surface area (Å²) in [4.78, 5) is 0. The molecule has 3 rings (SSSR count). The van der Waals surface area contributed by atoms with Gasteiger partial charge in [-0.15, -0.1) is 0 Å². The maximum absolute atomic E-state index is 13.4. The van der Waals surface area contributed by atoms with E-state index in [9.17, 15) is 4.39 Å². The molecule has 0 aliphatic heterocycles. The first-order valence-electron chi connectivity index (χ1n) is 6.49. The Kier molecular flexibility index (Phi) is 4.13. The summed E-state index contributed by atoms with van der Waals surface area (Å²) in [7, 11) is 0. The molecule has 4 heteroatoms. The molecular weight excluding hydrogens is 353 g/mol. The second kappa shape index (κ2) is 6.04. The van der Waals surface area contributed by atoms with Crippen molar-refractivity contribution in [3.8, 4) is 0 Å². The molecule has 3 aromatic carbocycles. The number of anilines is 1. The quantitative estimate of drug-likeness (QED) is 0.600. The topological polar surface area (TPSA) is 12.0 Å². The van der Waals surface area contributed by atoms with Gasteiger partial charge in [0, 0.05) is 16.7 Å². The lowest BCUT2D eigenvalue weighted by Crippen LogP contribution is -2.00. The zero-order valence-electron chi connectivity index (χ0n) is 11.0. The van der Waals surface area contributed by atoms with E-state index >= 15 is 0 Å². The Morgan fingerprint density at radius 3 is 2.62 bits per heavy atom. The zero-order chi connectivity index (χ0) is 14.8. The van der Waals surface area contributed by atoms with Gasteiger partial charge in [-0.3, -0.25) is 0 Å². The van der Waals surface area contributed by atoms with E-state index in [4.69, 9.17) is 11.6 Å². The molecule has 0 radical (unpaired) electrons. The fourth-order valence-electron chi connectivity index (χ4n) is 2.21. The number of rotatable bonds is 3. The van der Waals surface area contributed by atoms with E-state index in [-0.39, 0.29) is 10.8 Å². The molecule has 1 nitrogen and oxygen atoms in total. The van der Waals surface area contributed by atoms with E-state index in [1.165, 1.54) is 11.5 Å². The van der Waals surface area contributed by atoms with Gasteiger partial charge in [-0.25, -0.2) is 4.39 Å². The molecule has 0 atom stereocenters. The van der Waals surface area contributed by atoms with E-state index in [0.717, 1.165) is 21.1 Å². The third kappa shape index (κ3) is 3.20. The van der Waals surface area contributed by atoms with Gasteiger partial charge in [0.1, 0.15) is 5.82 Å². The number of benzene rings is 3. The van der Waals surface area contributed by atoms with Gasteiger partial charge in [-0.1, -0.05) is 51.8 Å². The third-order valence-electron chi connectivity index (χ3n) is 3.32. The lowest BCUT2D eigenvalue weighted by atomic mass is 10.1. The van der Waals surface area contributed by atoms with E-state index in [2.05, 4.69) is 45.5 Å². The van der Waals surface area contributed by atoms with Crippen molar-refractivity contribution in [3.05, 3.63) is 75.5 Å². The van der Waals surface area contributed by atoms with E-state index in [0.29, 0.717) is 6.54 Å². The maximum atomic E-state index is 13.4. The molecule has 0 spiro atoms. The molecule has 21 heavy (non-hydrogen) atoms. The molecule has 0 aromatic heterocycles. The van der Waals surface area contributed by atoms with Crippen molar-refractivity contribution in [2.24, 2.45) is 0 Å². The standard InChI is InChI=1S/C17H12BrClFN/c18-14-6-4-12-9-15(7-5-11(12)8-14)21-10-13-2-1-3-16(20)17(13)19/h1-9,21H,10H2. The Balaban J connectivity index is 1.82. The Bertz CT molecular complexity index is 804. The Morgan fingerprint density at radius 2 is 1.76 bits per heavy atom. The molecule has 0 saturated heterocycles. The van der Waals surface area contributed by atoms with Crippen LogP contribution in [0.3, 0.4) is 0 Å². The second-order valence-electron chi connectivity index (χ2n) is 4.77. The van der Waals surface area contributed by atoms with Crippen molar-refractivity contribution in [2.75, 3.05) is 5.32 Å². The number of halogens is 3. The van der Waals surface area contributed by atoms with Gasteiger partial charge >= 0.3 is 0 Å². The zero-order valence-corrected chi connectivity index (χ0v) is 13.4. The first-order valence-corrected chi connectivity index (χ1v) is 7.67. The fourth-order valence-corrected chi connectivity index (χ4v) is 2.78. The minimum atomic E-state index is -0.390. The van der Waals surface area contributed by atoms with Crippen molar-refractivity contribution >= 4 is 44.0 Å². The van der Waals surface area contributed by atoms with Gasteiger partial charge in [-0.05, 0) is 46.7 Å². The number of hydrogen-bond acceptors (Lipinski definition) is 1. The number of nitrogens with one attached hydrogen (secondary N) is 1. The highest BCUT2D eigenvalue weighted by Crippen LogP contribution is 2.24. The summed E-state index contributed by atoms with van der Waals surface area (Å²) >= 11 is 9.41. The van der Waals surface area contributed by atoms with Crippen molar-refractivity contribution in [2.45, 2.75) is 6.54 Å². The highest BCUT2D eigenvalue weighted by molar-refractivity contribution is 9.10. The normalized spacial score (nSPS) is 10.8. The molecule has 0 unspecified atom stereocenters. The first-order chi connectivity index (χ1) is 10.1. The van der Waals surface area contributed by atoms with Crippen LogP contribution in [0.1, 0.15) is 5.56 Å². The average molecular weight is 365 g/mol. The largest absolute Gasteiger partial charge is 0.381 e. The monoisotopic (exact) mass is 363 g/mol. The minimum Gasteiger partial charge on any atom is -0.381 e. The van der Waals surface area contributed by atoms with Crippen LogP contribution in [0.15, 0.2) is 59.1 Å². The molecule has 3 aromatic rings. The highest BCUT2D eigenvalue weighted by atomic mass is 79.9. The predicted molar refractivity (Wildman–Crippen MR) is 90.4 cm³/mol. The Morgan fingerprint density at radius 1 is 1.00 bits per heavy atom. The van der Waals surface area contributed by atoms with Gasteiger partial charge in [0.25, 0.3) is 0 Å². The molecule has 0 aliphatic carbocycles. The van der Waals surface area contributed by atoms with Crippen LogP contribution in [0.4, 0.5) is 10.1 Å². The summed E-state index contributed by atoms with van der Waals surface area (Å²) in [6.07, 6.45) is 0. The number of hydrogen-bond donors (Lipinski definition) is 1.